The van der Waals surface area contributed by atoms with Gasteiger partial charge in [-0.3, -0.25) is 9.69 Å². The third-order valence-corrected chi connectivity index (χ3v) is 4.22. The summed E-state index contributed by atoms with van der Waals surface area (Å²) < 4.78 is 0. The van der Waals surface area contributed by atoms with Gasteiger partial charge in [-0.2, -0.15) is 0 Å². The Kier molecular flexibility index (Phi) is 4.65. The van der Waals surface area contributed by atoms with Crippen molar-refractivity contribution in [3.63, 3.8) is 0 Å². The topological polar surface area (TPSA) is 49.4 Å². The minimum atomic E-state index is -0.388. The van der Waals surface area contributed by atoms with E-state index in [9.17, 15) is 9.59 Å². The van der Waals surface area contributed by atoms with Crippen LogP contribution < -0.4 is 5.32 Å². The molecule has 2 aromatic rings. The van der Waals surface area contributed by atoms with Crippen LogP contribution in [0.1, 0.15) is 25.8 Å². The fraction of sp³-hybridized carbons (Fsp3) is 0.300. The summed E-state index contributed by atoms with van der Waals surface area (Å²) in [7, 11) is 0. The lowest BCUT2D eigenvalue weighted by Crippen LogP contribution is -2.31. The minimum Gasteiger partial charge on any atom is -0.326 e. The molecule has 0 aromatic heterocycles. The molecule has 0 bridgehead atoms. The number of amides is 3. The van der Waals surface area contributed by atoms with Gasteiger partial charge in [-0.15, -0.1) is 0 Å². The number of carbonyl (C=O) groups is 2. The molecule has 0 spiro atoms. The monoisotopic (exact) mass is 322 g/mol. The van der Waals surface area contributed by atoms with E-state index in [1.165, 1.54) is 4.90 Å². The number of nitrogens with one attached hydrogen (secondary N) is 1. The van der Waals surface area contributed by atoms with Gasteiger partial charge in [-0.1, -0.05) is 68.4 Å². The largest absolute Gasteiger partial charge is 0.326 e. The molecule has 1 N–H and O–H groups in total. The molecule has 1 aliphatic rings. The molecule has 0 unspecified atom stereocenters. The summed E-state index contributed by atoms with van der Waals surface area (Å²) in [6.07, 6.45) is 0.675. The molecule has 4 heteroatoms. The first kappa shape index (κ1) is 16.2. The molecule has 1 heterocycles. The maximum Gasteiger partial charge on any atom is 0.325 e. The van der Waals surface area contributed by atoms with Crippen molar-refractivity contribution in [2.45, 2.75) is 32.9 Å². The number of imide groups is 1. The van der Waals surface area contributed by atoms with Crippen LogP contribution in [0, 0.1) is 5.92 Å². The molecule has 0 aliphatic carbocycles. The Hall–Kier alpha value is -2.62. The zero-order valence-corrected chi connectivity index (χ0v) is 14.0. The third kappa shape index (κ3) is 3.48. The molecule has 124 valence electrons. The van der Waals surface area contributed by atoms with Crippen LogP contribution in [-0.2, 0) is 11.3 Å². The van der Waals surface area contributed by atoms with Crippen LogP contribution in [0.2, 0.25) is 0 Å². The summed E-state index contributed by atoms with van der Waals surface area (Å²) in [6.45, 7) is 4.41. The minimum absolute atomic E-state index is 0.124. The van der Waals surface area contributed by atoms with Gasteiger partial charge in [0.1, 0.15) is 6.04 Å². The van der Waals surface area contributed by atoms with Crippen molar-refractivity contribution >= 4 is 11.9 Å². The van der Waals surface area contributed by atoms with Gasteiger partial charge in [0, 0.05) is 0 Å². The quantitative estimate of drug-likeness (QED) is 0.851. The van der Waals surface area contributed by atoms with Crippen LogP contribution >= 0.6 is 0 Å². The summed E-state index contributed by atoms with van der Waals surface area (Å²) in [5.41, 5.74) is 3.22. The molecule has 1 saturated heterocycles. The Balaban J connectivity index is 1.70. The number of carbonyl (C=O) groups excluding carboxylic acids is 2. The molecule has 1 atom stereocenters. The molecule has 0 radical (unpaired) electrons. The molecular weight excluding hydrogens is 300 g/mol. The fourth-order valence-electron chi connectivity index (χ4n) is 2.97. The van der Waals surface area contributed by atoms with Gasteiger partial charge in [0.2, 0.25) is 0 Å². The zero-order valence-electron chi connectivity index (χ0n) is 14.0. The van der Waals surface area contributed by atoms with Crippen molar-refractivity contribution in [1.29, 1.82) is 0 Å². The Morgan fingerprint density at radius 2 is 1.58 bits per heavy atom. The first-order valence-electron chi connectivity index (χ1n) is 8.31. The van der Waals surface area contributed by atoms with E-state index in [4.69, 9.17) is 0 Å². The molecule has 3 amide bonds. The molecule has 1 aliphatic heterocycles. The smallest absolute Gasteiger partial charge is 0.325 e. The summed E-state index contributed by atoms with van der Waals surface area (Å²) >= 11 is 0. The van der Waals surface area contributed by atoms with Crippen LogP contribution in [0.4, 0.5) is 4.79 Å². The van der Waals surface area contributed by atoms with Crippen molar-refractivity contribution in [2.75, 3.05) is 0 Å². The van der Waals surface area contributed by atoms with Crippen molar-refractivity contribution in [1.82, 2.24) is 10.2 Å². The molecule has 2 aromatic carbocycles. The van der Waals surface area contributed by atoms with E-state index in [0.717, 1.165) is 16.7 Å². The number of hydrogen-bond acceptors (Lipinski definition) is 2. The average Bonchev–Trinajstić information content (AvgIpc) is 2.83. The second kappa shape index (κ2) is 6.87. The van der Waals surface area contributed by atoms with Crippen LogP contribution in [-0.4, -0.2) is 22.9 Å². The second-order valence-corrected chi connectivity index (χ2v) is 6.62. The summed E-state index contributed by atoms with van der Waals surface area (Å²) in [6, 6.07) is 17.4. The molecule has 0 saturated carbocycles. The number of rotatable bonds is 5. The lowest BCUT2D eigenvalue weighted by atomic mass is 10.0. The predicted molar refractivity (Wildman–Crippen MR) is 94.2 cm³/mol. The van der Waals surface area contributed by atoms with Crippen LogP contribution in [0.25, 0.3) is 11.1 Å². The average molecular weight is 322 g/mol. The summed E-state index contributed by atoms with van der Waals surface area (Å²) in [4.78, 5) is 25.8. The zero-order chi connectivity index (χ0) is 17.1. The van der Waals surface area contributed by atoms with Gasteiger partial charge < -0.3 is 5.32 Å². The summed E-state index contributed by atoms with van der Waals surface area (Å²) in [5.74, 6) is 0.241. The Bertz CT molecular complexity index is 723. The molecule has 3 rings (SSSR count). The Morgan fingerprint density at radius 3 is 2.21 bits per heavy atom. The van der Waals surface area contributed by atoms with E-state index >= 15 is 0 Å². The number of nitrogens with zero attached hydrogens (tertiary/aromatic N) is 1. The van der Waals surface area contributed by atoms with Crippen molar-refractivity contribution < 1.29 is 9.59 Å². The lowest BCUT2D eigenvalue weighted by molar-refractivity contribution is -0.128. The van der Waals surface area contributed by atoms with Gasteiger partial charge >= 0.3 is 6.03 Å². The second-order valence-electron chi connectivity index (χ2n) is 6.62. The fourth-order valence-corrected chi connectivity index (χ4v) is 2.97. The Labute approximate surface area is 142 Å². The first-order valence-corrected chi connectivity index (χ1v) is 8.31. The highest BCUT2D eigenvalue weighted by Gasteiger charge is 2.37. The maximum absolute atomic E-state index is 12.4. The maximum atomic E-state index is 12.4. The van der Waals surface area contributed by atoms with Crippen LogP contribution in [0.5, 0.6) is 0 Å². The highest BCUT2D eigenvalue weighted by molar-refractivity contribution is 6.04. The highest BCUT2D eigenvalue weighted by atomic mass is 16.2. The highest BCUT2D eigenvalue weighted by Crippen LogP contribution is 2.21. The van der Waals surface area contributed by atoms with E-state index in [0.29, 0.717) is 18.9 Å². The van der Waals surface area contributed by atoms with Crippen LogP contribution in [0.15, 0.2) is 54.6 Å². The lowest BCUT2D eigenvalue weighted by Gasteiger charge is -2.14. The van der Waals surface area contributed by atoms with E-state index in [2.05, 4.69) is 17.4 Å². The van der Waals surface area contributed by atoms with Crippen molar-refractivity contribution in [2.24, 2.45) is 5.92 Å². The number of hydrogen-bond donors (Lipinski definition) is 1. The van der Waals surface area contributed by atoms with Gasteiger partial charge in [0.05, 0.1) is 6.54 Å². The third-order valence-electron chi connectivity index (χ3n) is 4.22. The van der Waals surface area contributed by atoms with E-state index in [1.54, 1.807) is 0 Å². The number of urea groups is 1. The SMILES string of the molecule is CC(C)C[C@@H]1NC(=O)N(Cc2ccc(-c3ccccc3)cc2)C1=O. The molecule has 1 fully saturated rings. The molecule has 4 nitrogen and oxygen atoms in total. The van der Waals surface area contributed by atoms with Crippen molar-refractivity contribution in [3.05, 3.63) is 60.2 Å². The van der Waals surface area contributed by atoms with E-state index in [1.807, 2.05) is 56.3 Å². The van der Waals surface area contributed by atoms with E-state index < -0.39 is 0 Å². The van der Waals surface area contributed by atoms with Gasteiger partial charge in [0.25, 0.3) is 5.91 Å². The Morgan fingerprint density at radius 1 is 0.958 bits per heavy atom. The standard InChI is InChI=1S/C20H22N2O2/c1-14(2)12-18-19(23)22(20(24)21-18)13-15-8-10-17(11-9-15)16-6-4-3-5-7-16/h3-11,14,18H,12-13H2,1-2H3,(H,21,24)/t18-/m0/s1. The van der Waals surface area contributed by atoms with Gasteiger partial charge in [-0.25, -0.2) is 4.79 Å². The van der Waals surface area contributed by atoms with Gasteiger partial charge in [0.15, 0.2) is 0 Å². The van der Waals surface area contributed by atoms with E-state index in [-0.39, 0.29) is 18.0 Å². The molecule has 24 heavy (non-hydrogen) atoms. The summed E-state index contributed by atoms with van der Waals surface area (Å²) in [5, 5.41) is 2.78. The number of benzene rings is 2. The normalized spacial score (nSPS) is 17.5. The first-order chi connectivity index (χ1) is 11.5. The van der Waals surface area contributed by atoms with Crippen LogP contribution in [0.3, 0.4) is 0 Å². The molecular formula is C20H22N2O2. The van der Waals surface area contributed by atoms with Gasteiger partial charge in [-0.05, 0) is 29.0 Å². The predicted octanol–water partition coefficient (Wildman–Crippen LogP) is 3.82. The van der Waals surface area contributed by atoms with Crippen molar-refractivity contribution in [3.8, 4) is 11.1 Å².